The third-order valence-electron chi connectivity index (χ3n) is 7.52. The zero-order valence-corrected chi connectivity index (χ0v) is 23.4. The zero-order valence-electron chi connectivity index (χ0n) is 23.4. The van der Waals surface area contributed by atoms with Crippen LogP contribution in [0.2, 0.25) is 0 Å². The highest BCUT2D eigenvalue weighted by Gasteiger charge is 2.46. The highest BCUT2D eigenvalue weighted by atomic mass is 16.7. The van der Waals surface area contributed by atoms with Crippen molar-refractivity contribution in [3.05, 3.63) is 12.2 Å². The van der Waals surface area contributed by atoms with Gasteiger partial charge in [0.05, 0.1) is 38.3 Å². The zero-order chi connectivity index (χ0) is 31.7. The van der Waals surface area contributed by atoms with Crippen LogP contribution in [0.3, 0.4) is 0 Å². The molecule has 4 unspecified atom stereocenters. The molecular formula is C26H44O16. The topological polar surface area (TPSA) is 273 Å². The largest absolute Gasteiger partial charge is 0.481 e. The molecule has 0 aromatic rings. The average molecular weight is 613 g/mol. The first-order chi connectivity index (χ1) is 19.7. The van der Waals surface area contributed by atoms with Crippen molar-refractivity contribution in [2.24, 2.45) is 11.8 Å². The van der Waals surface area contributed by atoms with E-state index in [1.54, 1.807) is 26.0 Å². The van der Waals surface area contributed by atoms with Crippen molar-refractivity contribution in [3.63, 3.8) is 0 Å². The maximum Gasteiger partial charge on any atom is 0.305 e. The molecule has 0 saturated carbocycles. The molecule has 42 heavy (non-hydrogen) atoms. The summed E-state index contributed by atoms with van der Waals surface area (Å²) in [5.41, 5.74) is 0. The fraction of sp³-hybridized carbons (Fsp3) is 0.846. The Labute approximate surface area is 242 Å². The fourth-order valence-corrected chi connectivity index (χ4v) is 4.74. The molecule has 2 saturated heterocycles. The molecule has 0 radical (unpaired) electrons. The summed E-state index contributed by atoms with van der Waals surface area (Å²) in [5.74, 6) is -3.31. The van der Waals surface area contributed by atoms with Gasteiger partial charge in [0.25, 0.3) is 0 Å². The molecular weight excluding hydrogens is 568 g/mol. The van der Waals surface area contributed by atoms with E-state index in [2.05, 4.69) is 0 Å². The van der Waals surface area contributed by atoms with Crippen molar-refractivity contribution in [1.82, 2.24) is 0 Å². The van der Waals surface area contributed by atoms with Gasteiger partial charge in [0.2, 0.25) is 0 Å². The maximum atomic E-state index is 11.5. The Balaban J connectivity index is 2.01. The second-order valence-electron chi connectivity index (χ2n) is 10.8. The minimum Gasteiger partial charge on any atom is -0.481 e. The molecule has 2 aliphatic heterocycles. The van der Waals surface area contributed by atoms with Crippen LogP contribution in [-0.4, -0.2) is 150 Å². The Morgan fingerprint density at radius 2 is 0.976 bits per heavy atom. The van der Waals surface area contributed by atoms with Gasteiger partial charge in [-0.2, -0.15) is 0 Å². The maximum absolute atomic E-state index is 11.5. The normalized spacial score (nSPS) is 36.8. The molecule has 14 atom stereocenters. The number of hydrogen-bond donors (Lipinski definition) is 10. The lowest BCUT2D eigenvalue weighted by atomic mass is 9.94. The van der Waals surface area contributed by atoms with Gasteiger partial charge in [-0.3, -0.25) is 9.59 Å². The van der Waals surface area contributed by atoms with Gasteiger partial charge < -0.3 is 70.0 Å². The second kappa shape index (κ2) is 16.9. The highest BCUT2D eigenvalue weighted by Crippen LogP contribution is 2.28. The molecule has 2 heterocycles. The van der Waals surface area contributed by atoms with Crippen molar-refractivity contribution < 1.29 is 79.6 Å². The molecule has 0 bridgehead atoms. The number of aliphatic carboxylic acids is 2. The Kier molecular flexibility index (Phi) is 14.6. The lowest BCUT2D eigenvalue weighted by Gasteiger charge is -2.41. The summed E-state index contributed by atoms with van der Waals surface area (Å²) in [6.45, 7) is 2.02. The molecule has 0 aliphatic carbocycles. The van der Waals surface area contributed by atoms with Gasteiger partial charge in [0.1, 0.15) is 48.8 Å². The van der Waals surface area contributed by atoms with Gasteiger partial charge in [0.15, 0.2) is 12.6 Å². The van der Waals surface area contributed by atoms with E-state index >= 15 is 0 Å². The van der Waals surface area contributed by atoms with Gasteiger partial charge in [-0.25, -0.2) is 0 Å². The molecule has 2 aliphatic rings. The lowest BCUT2D eigenvalue weighted by molar-refractivity contribution is -0.314. The molecule has 2 fully saturated rings. The third kappa shape index (κ3) is 9.87. The summed E-state index contributed by atoms with van der Waals surface area (Å²) in [6.07, 6.45) is -14.4. The summed E-state index contributed by atoms with van der Waals surface area (Å²) in [5, 5.41) is 97.8. The molecule has 10 N–H and O–H groups in total. The van der Waals surface area contributed by atoms with E-state index in [9.17, 15) is 60.7 Å². The standard InChI is InChI=1S/C26H44O16/c1-11(13(7-17(29)30)39-25-23(37)21(35)19(33)15(9-27)41-25)5-3-4-6-12(2)14(8-18(31)32)40-26-24(38)22(36)20(34)16(10-28)42-26/h3-4,11-16,19-28,33-38H,5-10H2,1-2H3,(H,29,30)(H,31,32)/b4-3+/t11?,12?,13?,14?,15-,16-,19-,20-,21+,22+,23-,24-,25-,26-/m1/s1. The first-order valence-electron chi connectivity index (χ1n) is 13.7. The molecule has 244 valence electrons. The van der Waals surface area contributed by atoms with Gasteiger partial charge in [0, 0.05) is 0 Å². The Bertz CT molecular complexity index is 799. The van der Waals surface area contributed by atoms with Crippen molar-refractivity contribution in [3.8, 4) is 0 Å². The summed E-state index contributed by atoms with van der Waals surface area (Å²) in [4.78, 5) is 22.9. The first-order valence-corrected chi connectivity index (χ1v) is 13.7. The summed E-state index contributed by atoms with van der Waals surface area (Å²) < 4.78 is 22.0. The van der Waals surface area contributed by atoms with Crippen LogP contribution in [0.25, 0.3) is 0 Å². The number of allylic oxidation sites excluding steroid dienone is 2. The van der Waals surface area contributed by atoms with Crippen LogP contribution in [0.15, 0.2) is 12.2 Å². The minimum absolute atomic E-state index is 0.277. The third-order valence-corrected chi connectivity index (χ3v) is 7.52. The first kappa shape index (κ1) is 36.4. The number of hydrogen-bond acceptors (Lipinski definition) is 14. The monoisotopic (exact) mass is 612 g/mol. The van der Waals surface area contributed by atoms with Gasteiger partial charge in [-0.15, -0.1) is 0 Å². The number of aliphatic hydroxyl groups excluding tert-OH is 8. The van der Waals surface area contributed by atoms with Crippen LogP contribution in [0.5, 0.6) is 0 Å². The number of carboxylic acids is 2. The SMILES string of the molecule is CC(C/C=C/CC(C)C(CC(=O)O)O[C@@H]1O[C@H](CO)[C@@H](O)[C@H](O)[C@H]1O)C(CC(=O)O)O[C@@H]1O[C@H](CO)[C@@H](O)[C@H](O)[C@H]1O. The Morgan fingerprint density at radius 1 is 0.643 bits per heavy atom. The van der Waals surface area contributed by atoms with Gasteiger partial charge >= 0.3 is 11.9 Å². The van der Waals surface area contributed by atoms with E-state index in [4.69, 9.17) is 18.9 Å². The average Bonchev–Trinajstić information content (AvgIpc) is 2.94. The van der Waals surface area contributed by atoms with Crippen LogP contribution < -0.4 is 0 Å². The van der Waals surface area contributed by atoms with Crippen LogP contribution in [-0.2, 0) is 28.5 Å². The Hall–Kier alpha value is -1.80. The van der Waals surface area contributed by atoms with E-state index in [0.29, 0.717) is 0 Å². The molecule has 16 nitrogen and oxygen atoms in total. The molecule has 16 heteroatoms. The smallest absolute Gasteiger partial charge is 0.305 e. The van der Waals surface area contributed by atoms with Crippen molar-refractivity contribution in [2.75, 3.05) is 13.2 Å². The summed E-state index contributed by atoms with van der Waals surface area (Å²) in [6, 6.07) is 0. The predicted molar refractivity (Wildman–Crippen MR) is 138 cm³/mol. The van der Waals surface area contributed by atoms with Crippen molar-refractivity contribution in [2.45, 2.75) is 113 Å². The van der Waals surface area contributed by atoms with Crippen molar-refractivity contribution >= 4 is 11.9 Å². The van der Waals surface area contributed by atoms with E-state index < -0.39 is 123 Å². The predicted octanol–water partition coefficient (Wildman–Crippen LogP) is -3.09. The summed E-state index contributed by atoms with van der Waals surface area (Å²) >= 11 is 0. The number of ether oxygens (including phenoxy) is 4. The fourth-order valence-electron chi connectivity index (χ4n) is 4.74. The number of carbonyl (C=O) groups is 2. The highest BCUT2D eigenvalue weighted by molar-refractivity contribution is 5.67. The molecule has 0 aromatic carbocycles. The second-order valence-corrected chi connectivity index (χ2v) is 10.8. The summed E-state index contributed by atoms with van der Waals surface area (Å²) in [7, 11) is 0. The van der Waals surface area contributed by atoms with Crippen LogP contribution >= 0.6 is 0 Å². The number of aliphatic hydroxyl groups is 8. The van der Waals surface area contributed by atoms with Crippen LogP contribution in [0, 0.1) is 11.8 Å². The van der Waals surface area contributed by atoms with E-state index in [1.165, 1.54) is 0 Å². The van der Waals surface area contributed by atoms with E-state index in [-0.39, 0.29) is 12.8 Å². The van der Waals surface area contributed by atoms with Crippen molar-refractivity contribution in [1.29, 1.82) is 0 Å². The molecule has 0 spiro atoms. The molecule has 0 amide bonds. The van der Waals surface area contributed by atoms with Crippen LogP contribution in [0.4, 0.5) is 0 Å². The lowest BCUT2D eigenvalue weighted by Crippen LogP contribution is -2.60. The Morgan fingerprint density at radius 3 is 1.26 bits per heavy atom. The van der Waals surface area contributed by atoms with Gasteiger partial charge in [-0.05, 0) is 24.7 Å². The van der Waals surface area contributed by atoms with E-state index in [1.807, 2.05) is 0 Å². The van der Waals surface area contributed by atoms with Gasteiger partial charge in [-0.1, -0.05) is 26.0 Å². The molecule has 0 aromatic heterocycles. The minimum atomic E-state index is -1.70. The number of rotatable bonds is 16. The van der Waals surface area contributed by atoms with Crippen LogP contribution in [0.1, 0.15) is 39.5 Å². The van der Waals surface area contributed by atoms with E-state index in [0.717, 1.165) is 0 Å². The molecule has 2 rings (SSSR count). The number of carboxylic acid groups (broad SMARTS) is 2. The quantitative estimate of drug-likeness (QED) is 0.0774.